The van der Waals surface area contributed by atoms with Gasteiger partial charge in [-0.1, -0.05) is 46.5 Å². The van der Waals surface area contributed by atoms with Crippen LogP contribution in [-0.2, 0) is 29.3 Å². The van der Waals surface area contributed by atoms with Crippen molar-refractivity contribution in [2.24, 2.45) is 0 Å². The highest BCUT2D eigenvalue weighted by Gasteiger charge is 2.22. The lowest BCUT2D eigenvalue weighted by Crippen LogP contribution is -2.13. The summed E-state index contributed by atoms with van der Waals surface area (Å²) in [5.74, 6) is -1.18. The van der Waals surface area contributed by atoms with Crippen LogP contribution in [0, 0.1) is 11.6 Å². The zero-order valence-corrected chi connectivity index (χ0v) is 33.8. The summed E-state index contributed by atoms with van der Waals surface area (Å²) in [7, 11) is -4.06. The van der Waals surface area contributed by atoms with Gasteiger partial charge < -0.3 is 10.5 Å². The fraction of sp³-hybridized carbons (Fsp3) is 0.163. The predicted octanol–water partition coefficient (Wildman–Crippen LogP) is 9.56. The average molecular weight is 855 g/mol. The molecule has 3 aliphatic rings. The molecule has 3 aromatic carbocycles. The van der Waals surface area contributed by atoms with Crippen molar-refractivity contribution in [3.63, 3.8) is 0 Å². The van der Waals surface area contributed by atoms with Crippen molar-refractivity contribution >= 4 is 51.2 Å². The number of hydrogen-bond acceptors (Lipinski definition) is 10. The van der Waals surface area contributed by atoms with Crippen LogP contribution in [-0.4, -0.2) is 44.9 Å². The summed E-state index contributed by atoms with van der Waals surface area (Å²) in [6.45, 7) is 3.03. The SMILES string of the molecule is CC1=Cc2c(Cl)ncnc2C1.CC1=Cc2c(ncnc2-c2ccc(N)cc2F)C1.CC1=Cc2c(ncnc2-c2ccc(NS(=O)(=O)c3ccc(OC(F)F)cc3)cc2F)C1. The number of rotatable bonds is 7. The Balaban J connectivity index is 0.000000156. The Hall–Kier alpha value is -6.52. The normalized spacial score (nSPS) is 13.4. The zero-order chi connectivity index (χ0) is 42.7. The fourth-order valence-corrected chi connectivity index (χ4v) is 8.02. The number of aromatic nitrogens is 6. The van der Waals surface area contributed by atoms with E-state index in [0.717, 1.165) is 82.5 Å². The van der Waals surface area contributed by atoms with Crippen molar-refractivity contribution in [3.05, 3.63) is 147 Å². The standard InChI is InChI=1S/C21H16F3N3O3S.C14H12FN3.C8H7ClN2/c1-12-8-17-19(9-12)25-11-26-20(17)16-7-2-13(10-18(16)22)27-31(28,29)15-5-3-14(4-6-15)30-21(23)24;1-8-4-11-13(5-8)17-7-18-14(11)10-3-2-9(16)6-12(10)15;1-5-2-6-7(3-5)10-4-11-8(6)9/h2-8,10-11,21,27H,9H2,1H3;2-4,6-7H,5,16H2,1H3;2,4H,3H2,1H3. The lowest BCUT2D eigenvalue weighted by Gasteiger charge is -2.11. The molecule has 0 spiro atoms. The second-order valence-electron chi connectivity index (χ2n) is 14.1. The number of fused-ring (bicyclic) bond motifs is 3. The molecule has 0 atom stereocenters. The van der Waals surface area contributed by atoms with Gasteiger partial charge in [0, 0.05) is 52.8 Å². The Labute approximate surface area is 347 Å². The molecule has 0 saturated heterocycles. The number of allylic oxidation sites excluding steroid dienone is 3. The van der Waals surface area contributed by atoms with Crippen molar-refractivity contribution in [1.29, 1.82) is 0 Å². The van der Waals surface area contributed by atoms with Gasteiger partial charge in [0.25, 0.3) is 10.0 Å². The van der Waals surface area contributed by atoms with E-state index in [1.54, 1.807) is 12.1 Å². The number of nitrogens with one attached hydrogen (secondary N) is 1. The summed E-state index contributed by atoms with van der Waals surface area (Å²) in [4.78, 5) is 24.7. The van der Waals surface area contributed by atoms with Crippen LogP contribution in [0.3, 0.4) is 0 Å². The van der Waals surface area contributed by atoms with E-state index >= 15 is 0 Å². The van der Waals surface area contributed by atoms with Gasteiger partial charge in [0.2, 0.25) is 0 Å². The molecule has 17 heteroatoms. The lowest BCUT2D eigenvalue weighted by molar-refractivity contribution is -0.0498. The third-order valence-corrected chi connectivity index (χ3v) is 11.1. The molecule has 3 aliphatic carbocycles. The molecular formula is C43H35ClF4N8O3S. The molecule has 3 N–H and O–H groups in total. The fourth-order valence-electron chi connectivity index (χ4n) is 6.76. The van der Waals surface area contributed by atoms with Crippen molar-refractivity contribution in [3.8, 4) is 28.3 Å². The van der Waals surface area contributed by atoms with Crippen LogP contribution in [0.2, 0.25) is 5.15 Å². The van der Waals surface area contributed by atoms with Crippen LogP contribution in [0.1, 0.15) is 54.5 Å². The molecule has 0 unspecified atom stereocenters. The smallest absolute Gasteiger partial charge is 0.387 e. The van der Waals surface area contributed by atoms with Crippen LogP contribution < -0.4 is 15.2 Å². The highest BCUT2D eigenvalue weighted by atomic mass is 35.5. The summed E-state index contributed by atoms with van der Waals surface area (Å²) < 4.78 is 84.8. The molecule has 6 aromatic rings. The zero-order valence-electron chi connectivity index (χ0n) is 32.2. The molecule has 60 heavy (non-hydrogen) atoms. The monoisotopic (exact) mass is 854 g/mol. The van der Waals surface area contributed by atoms with E-state index in [1.165, 1.54) is 48.3 Å². The maximum Gasteiger partial charge on any atom is 0.387 e. The van der Waals surface area contributed by atoms with Crippen LogP contribution in [0.15, 0.2) is 101 Å². The third-order valence-electron chi connectivity index (χ3n) is 9.45. The number of ether oxygens (including phenoxy) is 1. The van der Waals surface area contributed by atoms with Gasteiger partial charge in [0.1, 0.15) is 41.5 Å². The second kappa shape index (κ2) is 17.4. The van der Waals surface area contributed by atoms with Gasteiger partial charge in [0.15, 0.2) is 0 Å². The number of hydrogen-bond donors (Lipinski definition) is 2. The molecule has 0 fully saturated rings. The number of anilines is 2. The first-order valence-electron chi connectivity index (χ1n) is 18.3. The van der Waals surface area contributed by atoms with Gasteiger partial charge in [0.05, 0.1) is 39.1 Å². The highest BCUT2D eigenvalue weighted by Crippen LogP contribution is 2.35. The third kappa shape index (κ3) is 9.35. The van der Waals surface area contributed by atoms with Crippen LogP contribution >= 0.6 is 11.6 Å². The van der Waals surface area contributed by atoms with Gasteiger partial charge >= 0.3 is 6.61 Å². The first-order valence-corrected chi connectivity index (χ1v) is 20.1. The minimum Gasteiger partial charge on any atom is -0.435 e. The van der Waals surface area contributed by atoms with Crippen LogP contribution in [0.5, 0.6) is 5.75 Å². The van der Waals surface area contributed by atoms with Gasteiger partial charge in [-0.3, -0.25) is 4.72 Å². The number of nitrogen functional groups attached to an aromatic ring is 1. The Morgan fingerprint density at radius 1 is 0.667 bits per heavy atom. The minimum atomic E-state index is -4.06. The van der Waals surface area contributed by atoms with E-state index in [-0.39, 0.29) is 27.7 Å². The Morgan fingerprint density at radius 3 is 1.65 bits per heavy atom. The molecule has 9 rings (SSSR count). The summed E-state index contributed by atoms with van der Waals surface area (Å²) in [5, 5.41) is 0.562. The van der Waals surface area contributed by atoms with E-state index in [9.17, 15) is 26.0 Å². The van der Waals surface area contributed by atoms with Gasteiger partial charge in [-0.25, -0.2) is 47.1 Å². The maximum atomic E-state index is 14.8. The van der Waals surface area contributed by atoms with E-state index in [2.05, 4.69) is 46.3 Å². The average Bonchev–Trinajstić information content (AvgIpc) is 3.90. The Kier molecular flexibility index (Phi) is 12.1. The molecule has 3 heterocycles. The Bertz CT molecular complexity index is 2840. The van der Waals surface area contributed by atoms with Gasteiger partial charge in [-0.05, 0) is 81.4 Å². The minimum absolute atomic E-state index is 0.00609. The van der Waals surface area contributed by atoms with E-state index < -0.39 is 22.5 Å². The topological polar surface area (TPSA) is 159 Å². The number of halogens is 5. The summed E-state index contributed by atoms with van der Waals surface area (Å²) in [6.07, 6.45) is 12.7. The van der Waals surface area contributed by atoms with Gasteiger partial charge in [-0.2, -0.15) is 8.78 Å². The maximum absolute atomic E-state index is 14.8. The molecule has 11 nitrogen and oxygen atoms in total. The number of alkyl halides is 2. The molecule has 3 aromatic heterocycles. The summed E-state index contributed by atoms with van der Waals surface area (Å²) >= 11 is 5.84. The number of nitrogens with two attached hydrogens (primary N) is 1. The summed E-state index contributed by atoms with van der Waals surface area (Å²) in [6, 6.07) is 13.0. The molecule has 0 radical (unpaired) electrons. The van der Waals surface area contributed by atoms with Crippen molar-refractivity contribution < 1.29 is 30.7 Å². The van der Waals surface area contributed by atoms with Crippen molar-refractivity contribution in [1.82, 2.24) is 29.9 Å². The predicted molar refractivity (Wildman–Crippen MR) is 222 cm³/mol. The van der Waals surface area contributed by atoms with E-state index in [1.807, 2.05) is 32.1 Å². The first kappa shape index (κ1) is 41.6. The Morgan fingerprint density at radius 2 is 1.15 bits per heavy atom. The second-order valence-corrected chi connectivity index (χ2v) is 16.1. The van der Waals surface area contributed by atoms with Crippen LogP contribution in [0.25, 0.3) is 40.7 Å². The van der Waals surface area contributed by atoms with Gasteiger partial charge in [-0.15, -0.1) is 0 Å². The molecular weight excluding hydrogens is 820 g/mol. The quantitative estimate of drug-likeness (QED) is 0.0900. The van der Waals surface area contributed by atoms with E-state index in [4.69, 9.17) is 17.3 Å². The first-order chi connectivity index (χ1) is 28.6. The molecule has 0 amide bonds. The van der Waals surface area contributed by atoms with Crippen molar-refractivity contribution in [2.75, 3.05) is 10.5 Å². The van der Waals surface area contributed by atoms with Crippen LogP contribution in [0.4, 0.5) is 28.9 Å². The number of nitrogens with zero attached hydrogens (tertiary/aromatic N) is 6. The lowest BCUT2D eigenvalue weighted by atomic mass is 10.1. The van der Waals surface area contributed by atoms with Crippen molar-refractivity contribution in [2.45, 2.75) is 51.5 Å². The number of benzene rings is 3. The summed E-state index contributed by atoms with van der Waals surface area (Å²) in [5.41, 5.74) is 16.8. The molecule has 0 saturated carbocycles. The molecule has 0 aliphatic heterocycles. The molecule has 0 bridgehead atoms. The molecule has 306 valence electrons. The highest BCUT2D eigenvalue weighted by molar-refractivity contribution is 7.92. The number of sulfonamides is 1. The largest absolute Gasteiger partial charge is 0.435 e. The van der Waals surface area contributed by atoms with E-state index in [0.29, 0.717) is 34.2 Å².